The Balaban J connectivity index is 2.08. The van der Waals surface area contributed by atoms with Crippen LogP contribution in [0.25, 0.3) is 0 Å². The van der Waals surface area contributed by atoms with Crippen molar-refractivity contribution >= 4 is 17.3 Å². The van der Waals surface area contributed by atoms with Crippen molar-refractivity contribution in [2.24, 2.45) is 0 Å². The summed E-state index contributed by atoms with van der Waals surface area (Å²) in [4.78, 5) is 12.6. The number of methoxy groups -OCH3 is 1. The molecule has 2 aromatic rings. The van der Waals surface area contributed by atoms with E-state index in [9.17, 15) is 9.18 Å². The maximum absolute atomic E-state index is 13.8. The van der Waals surface area contributed by atoms with Gasteiger partial charge in [-0.25, -0.2) is 4.39 Å². The lowest BCUT2D eigenvalue weighted by Crippen LogP contribution is -2.24. The lowest BCUT2D eigenvalue weighted by molar-refractivity contribution is -0.141. The molecule has 0 saturated carbocycles. The number of hydrogen-bond acceptors (Lipinski definition) is 4. The van der Waals surface area contributed by atoms with Gasteiger partial charge in [0.1, 0.15) is 5.82 Å². The minimum Gasteiger partial charge on any atom is -0.469 e. The van der Waals surface area contributed by atoms with Gasteiger partial charge in [0.25, 0.3) is 0 Å². The fourth-order valence-corrected chi connectivity index (χ4v) is 2.89. The number of nitrogens with one attached hydrogen (secondary N) is 1. The first-order valence-corrected chi connectivity index (χ1v) is 7.56. The first kappa shape index (κ1) is 15.7. The topological polar surface area (TPSA) is 38.3 Å². The van der Waals surface area contributed by atoms with E-state index in [1.165, 1.54) is 13.2 Å². The van der Waals surface area contributed by atoms with E-state index in [1.54, 1.807) is 17.4 Å². The van der Waals surface area contributed by atoms with Crippen LogP contribution in [0.1, 0.15) is 28.5 Å². The van der Waals surface area contributed by atoms with Gasteiger partial charge in [-0.15, -0.1) is 11.3 Å². The number of carbonyl (C=O) groups excluding carboxylic acids is 1. The zero-order valence-corrected chi connectivity index (χ0v) is 12.9. The highest BCUT2D eigenvalue weighted by Gasteiger charge is 2.17. The lowest BCUT2D eigenvalue weighted by Gasteiger charge is -2.17. The fourth-order valence-electron chi connectivity index (χ4n) is 2.09. The number of carbonyl (C=O) groups is 1. The molecule has 0 amide bonds. The van der Waals surface area contributed by atoms with E-state index in [0.717, 1.165) is 10.4 Å². The Morgan fingerprint density at radius 1 is 1.43 bits per heavy atom. The zero-order chi connectivity index (χ0) is 15.2. The van der Waals surface area contributed by atoms with E-state index < -0.39 is 0 Å². The Morgan fingerprint density at radius 3 is 2.90 bits per heavy atom. The van der Waals surface area contributed by atoms with Gasteiger partial charge in [0.05, 0.1) is 19.6 Å². The molecule has 0 radical (unpaired) electrons. The van der Waals surface area contributed by atoms with Crippen LogP contribution < -0.4 is 5.32 Å². The Morgan fingerprint density at radius 2 is 2.24 bits per heavy atom. The number of esters is 1. The molecule has 1 atom stereocenters. The highest BCUT2D eigenvalue weighted by molar-refractivity contribution is 7.10. The smallest absolute Gasteiger partial charge is 0.307 e. The Kier molecular flexibility index (Phi) is 5.47. The van der Waals surface area contributed by atoms with Gasteiger partial charge in [-0.05, 0) is 24.4 Å². The van der Waals surface area contributed by atoms with Crippen molar-refractivity contribution in [2.75, 3.05) is 7.11 Å². The number of ether oxygens (including phenoxy) is 1. The van der Waals surface area contributed by atoms with E-state index in [-0.39, 0.29) is 24.2 Å². The van der Waals surface area contributed by atoms with Crippen molar-refractivity contribution < 1.29 is 13.9 Å². The predicted molar refractivity (Wildman–Crippen MR) is 81.7 cm³/mol. The molecule has 112 valence electrons. The molecular formula is C16H18FNO2S. The number of benzene rings is 1. The van der Waals surface area contributed by atoms with Crippen LogP contribution in [0.15, 0.2) is 35.7 Å². The van der Waals surface area contributed by atoms with Gasteiger partial charge < -0.3 is 10.1 Å². The number of hydrogen-bond donors (Lipinski definition) is 1. The predicted octanol–water partition coefficient (Wildman–Crippen LogP) is 3.59. The highest BCUT2D eigenvalue weighted by Crippen LogP contribution is 2.23. The molecule has 0 aliphatic heterocycles. The largest absolute Gasteiger partial charge is 0.469 e. The third kappa shape index (κ3) is 4.37. The second kappa shape index (κ2) is 7.33. The Hall–Kier alpha value is -1.72. The molecule has 0 aliphatic rings. The van der Waals surface area contributed by atoms with Crippen LogP contribution >= 0.6 is 11.3 Å². The quantitative estimate of drug-likeness (QED) is 0.829. The van der Waals surface area contributed by atoms with Gasteiger partial charge in [0, 0.05) is 17.0 Å². The van der Waals surface area contributed by atoms with Crippen molar-refractivity contribution in [3.05, 3.63) is 57.5 Å². The molecule has 1 heterocycles. The molecule has 21 heavy (non-hydrogen) atoms. The number of thiophene rings is 1. The number of aryl methyl sites for hydroxylation is 1. The summed E-state index contributed by atoms with van der Waals surface area (Å²) < 4.78 is 18.5. The first-order chi connectivity index (χ1) is 10.1. The van der Waals surface area contributed by atoms with E-state index in [1.807, 2.05) is 30.5 Å². The molecule has 0 saturated heterocycles. The summed E-state index contributed by atoms with van der Waals surface area (Å²) in [7, 11) is 1.37. The molecule has 1 aromatic carbocycles. The minimum absolute atomic E-state index is 0.169. The maximum Gasteiger partial charge on any atom is 0.307 e. The normalized spacial score (nSPS) is 12.1. The molecule has 0 spiro atoms. The lowest BCUT2D eigenvalue weighted by atomic mass is 10.1. The van der Waals surface area contributed by atoms with Crippen LogP contribution in [-0.4, -0.2) is 13.1 Å². The summed E-state index contributed by atoms with van der Waals surface area (Å²) >= 11 is 1.56. The molecule has 0 bridgehead atoms. The summed E-state index contributed by atoms with van der Waals surface area (Å²) in [6.07, 6.45) is 0.227. The molecule has 1 N–H and O–H groups in total. The van der Waals surface area contributed by atoms with Crippen LogP contribution in [0.4, 0.5) is 4.39 Å². The van der Waals surface area contributed by atoms with Gasteiger partial charge in [-0.3, -0.25) is 4.79 Å². The third-order valence-corrected chi connectivity index (χ3v) is 4.21. The summed E-state index contributed by atoms with van der Waals surface area (Å²) in [5, 5.41) is 5.19. The van der Waals surface area contributed by atoms with Gasteiger partial charge in [-0.2, -0.15) is 0 Å². The van der Waals surface area contributed by atoms with Crippen molar-refractivity contribution in [3.63, 3.8) is 0 Å². The van der Waals surface area contributed by atoms with Gasteiger partial charge in [0.15, 0.2) is 0 Å². The first-order valence-electron chi connectivity index (χ1n) is 6.68. The molecule has 0 fully saturated rings. The fraction of sp³-hybridized carbons (Fsp3) is 0.312. The monoisotopic (exact) mass is 307 g/mol. The third-order valence-electron chi connectivity index (χ3n) is 3.23. The van der Waals surface area contributed by atoms with Gasteiger partial charge in [-0.1, -0.05) is 23.8 Å². The Labute approximate surface area is 127 Å². The van der Waals surface area contributed by atoms with Crippen LogP contribution in [0.3, 0.4) is 0 Å². The van der Waals surface area contributed by atoms with Crippen molar-refractivity contribution in [2.45, 2.75) is 25.9 Å². The van der Waals surface area contributed by atoms with Crippen molar-refractivity contribution in [1.29, 1.82) is 0 Å². The minimum atomic E-state index is -0.286. The average molecular weight is 307 g/mol. The summed E-state index contributed by atoms with van der Waals surface area (Å²) in [6.45, 7) is 2.29. The summed E-state index contributed by atoms with van der Waals surface area (Å²) in [5.41, 5.74) is 1.61. The van der Waals surface area contributed by atoms with Crippen LogP contribution in [0.5, 0.6) is 0 Å². The molecule has 2 rings (SSSR count). The summed E-state index contributed by atoms with van der Waals surface area (Å²) in [6, 6.07) is 8.73. The average Bonchev–Trinajstić information content (AvgIpc) is 3.00. The molecule has 1 unspecified atom stereocenters. The molecule has 1 aromatic heterocycles. The van der Waals surface area contributed by atoms with E-state index >= 15 is 0 Å². The highest BCUT2D eigenvalue weighted by atomic mass is 32.1. The van der Waals surface area contributed by atoms with E-state index in [2.05, 4.69) is 5.32 Å². The Bertz CT molecular complexity index is 598. The molecule has 5 heteroatoms. The van der Waals surface area contributed by atoms with Crippen LogP contribution in [0, 0.1) is 12.7 Å². The standard InChI is InChI=1S/C16H18FNO2S/c1-11-5-6-13(17)12(8-11)10-18-14(9-16(19)20-2)15-4-3-7-21-15/h3-8,14,18H,9-10H2,1-2H3. The second-order valence-corrected chi connectivity index (χ2v) is 5.80. The molecular weight excluding hydrogens is 289 g/mol. The van der Waals surface area contributed by atoms with Crippen molar-refractivity contribution in [1.82, 2.24) is 5.32 Å². The van der Waals surface area contributed by atoms with Crippen LogP contribution in [-0.2, 0) is 16.1 Å². The van der Waals surface area contributed by atoms with Gasteiger partial charge in [0.2, 0.25) is 0 Å². The second-order valence-electron chi connectivity index (χ2n) is 4.82. The van der Waals surface area contributed by atoms with E-state index in [4.69, 9.17) is 4.74 Å². The molecule has 0 aliphatic carbocycles. The van der Waals surface area contributed by atoms with E-state index in [0.29, 0.717) is 12.1 Å². The maximum atomic E-state index is 13.8. The summed E-state index contributed by atoms with van der Waals surface area (Å²) in [5.74, 6) is -0.526. The zero-order valence-electron chi connectivity index (χ0n) is 12.1. The SMILES string of the molecule is COC(=O)CC(NCc1cc(C)ccc1F)c1cccs1. The van der Waals surface area contributed by atoms with Crippen LogP contribution in [0.2, 0.25) is 0 Å². The van der Waals surface area contributed by atoms with Gasteiger partial charge >= 0.3 is 5.97 Å². The number of rotatable bonds is 6. The number of halogens is 1. The molecule has 3 nitrogen and oxygen atoms in total. The van der Waals surface area contributed by atoms with Crippen molar-refractivity contribution in [3.8, 4) is 0 Å².